The first-order valence-electron chi connectivity index (χ1n) is 11.2. The van der Waals surface area contributed by atoms with Crippen LogP contribution < -0.4 is 10.1 Å². The number of anilines is 1. The van der Waals surface area contributed by atoms with Gasteiger partial charge in [-0.2, -0.15) is 0 Å². The molecule has 1 aliphatic rings. The fourth-order valence-corrected chi connectivity index (χ4v) is 3.56. The number of rotatable bonds is 7. The van der Waals surface area contributed by atoms with Crippen LogP contribution in [0.25, 0.3) is 22.3 Å². The van der Waals surface area contributed by atoms with Gasteiger partial charge >= 0.3 is 0 Å². The molecular formula is C24H34N6O. The summed E-state index contributed by atoms with van der Waals surface area (Å²) in [5.41, 5.74) is 1.78. The van der Waals surface area contributed by atoms with E-state index in [4.69, 9.17) is 9.72 Å². The Labute approximate surface area is 185 Å². The van der Waals surface area contributed by atoms with Gasteiger partial charge in [-0.3, -0.25) is 4.98 Å². The summed E-state index contributed by atoms with van der Waals surface area (Å²) in [5.74, 6) is 2.30. The van der Waals surface area contributed by atoms with Crippen LogP contribution in [-0.2, 0) is 0 Å². The quantitative estimate of drug-likeness (QED) is 0.581. The van der Waals surface area contributed by atoms with Crippen molar-refractivity contribution >= 4 is 16.7 Å². The number of nitrogens with one attached hydrogen (secondary N) is 1. The van der Waals surface area contributed by atoms with Gasteiger partial charge in [0.05, 0.1) is 12.1 Å². The summed E-state index contributed by atoms with van der Waals surface area (Å²) in [4.78, 5) is 18.4. The van der Waals surface area contributed by atoms with E-state index in [1.165, 1.54) is 0 Å². The van der Waals surface area contributed by atoms with E-state index in [1.54, 1.807) is 12.4 Å². The van der Waals surface area contributed by atoms with Crippen LogP contribution in [0.2, 0.25) is 0 Å². The first kappa shape index (κ1) is 22.9. The third-order valence-corrected chi connectivity index (χ3v) is 5.31. The average Bonchev–Trinajstić information content (AvgIpc) is 2.84. The molecule has 0 spiro atoms. The topological polar surface area (TPSA) is 66.4 Å². The number of fused-ring (bicyclic) bond motifs is 1. The van der Waals surface area contributed by atoms with Crippen molar-refractivity contribution < 1.29 is 4.74 Å². The molecule has 0 saturated carbocycles. The lowest BCUT2D eigenvalue weighted by molar-refractivity contribution is 0.145. The van der Waals surface area contributed by atoms with Gasteiger partial charge in [0.15, 0.2) is 5.82 Å². The molecule has 0 bridgehead atoms. The Hall–Kier alpha value is -2.77. The molecule has 1 N–H and O–H groups in total. The van der Waals surface area contributed by atoms with Crippen LogP contribution in [0.3, 0.4) is 0 Å². The van der Waals surface area contributed by atoms with Crippen molar-refractivity contribution in [2.45, 2.75) is 20.3 Å². The van der Waals surface area contributed by atoms with E-state index in [-0.39, 0.29) is 0 Å². The molecular weight excluding hydrogens is 388 g/mol. The van der Waals surface area contributed by atoms with Crippen molar-refractivity contribution in [1.29, 1.82) is 0 Å². The van der Waals surface area contributed by atoms with E-state index in [0.717, 1.165) is 67.2 Å². The predicted molar refractivity (Wildman–Crippen MR) is 128 cm³/mol. The number of likely N-dealkylation sites (N-methyl/N-ethyl adjacent to an activating group) is 1. The number of ether oxygens (including phenoxy) is 1. The molecule has 4 rings (SSSR count). The molecule has 0 aliphatic carbocycles. The average molecular weight is 423 g/mol. The lowest BCUT2D eigenvalue weighted by Gasteiger charge is -2.32. The van der Waals surface area contributed by atoms with Crippen molar-refractivity contribution in [2.75, 3.05) is 58.7 Å². The van der Waals surface area contributed by atoms with Gasteiger partial charge < -0.3 is 19.9 Å². The predicted octanol–water partition coefficient (Wildman–Crippen LogP) is 3.78. The maximum atomic E-state index is 6.01. The molecule has 0 amide bonds. The van der Waals surface area contributed by atoms with Gasteiger partial charge in [-0.05, 0) is 43.8 Å². The Kier molecular flexibility index (Phi) is 8.55. The maximum absolute atomic E-state index is 6.01. The standard InChI is InChI=1S/C22H28N6O.C2H6/c1-23-22-19-15-18(29-14-4-9-28-12-10-27(2)11-13-28)6-7-20(19)25-21(26-22)17-5-3-8-24-16-17;1-2/h3,5-8,15-16H,4,9-14H2,1-2H3,(H,23,25,26);1-2H3. The highest BCUT2D eigenvalue weighted by molar-refractivity contribution is 5.91. The molecule has 0 unspecified atom stereocenters. The van der Waals surface area contributed by atoms with Crippen LogP contribution >= 0.6 is 0 Å². The molecule has 31 heavy (non-hydrogen) atoms. The fourth-order valence-electron chi connectivity index (χ4n) is 3.56. The molecule has 3 heterocycles. The van der Waals surface area contributed by atoms with Crippen molar-refractivity contribution in [3.8, 4) is 17.1 Å². The van der Waals surface area contributed by atoms with E-state index >= 15 is 0 Å². The van der Waals surface area contributed by atoms with Gasteiger partial charge in [-0.1, -0.05) is 13.8 Å². The zero-order valence-corrected chi connectivity index (χ0v) is 19.1. The van der Waals surface area contributed by atoms with E-state index in [2.05, 4.69) is 32.1 Å². The first-order valence-corrected chi connectivity index (χ1v) is 11.2. The Morgan fingerprint density at radius 1 is 1.06 bits per heavy atom. The van der Waals surface area contributed by atoms with Gasteiger partial charge in [-0.25, -0.2) is 9.97 Å². The molecule has 3 aromatic rings. The number of hydrogen-bond donors (Lipinski definition) is 1. The van der Waals surface area contributed by atoms with Crippen molar-refractivity contribution in [1.82, 2.24) is 24.8 Å². The minimum atomic E-state index is 0.663. The summed E-state index contributed by atoms with van der Waals surface area (Å²) in [6.45, 7) is 10.4. The zero-order valence-electron chi connectivity index (χ0n) is 19.1. The summed E-state index contributed by atoms with van der Waals surface area (Å²) in [6.07, 6.45) is 4.55. The number of hydrogen-bond acceptors (Lipinski definition) is 7. The minimum absolute atomic E-state index is 0.663. The van der Waals surface area contributed by atoms with Crippen molar-refractivity contribution in [3.05, 3.63) is 42.7 Å². The second-order valence-electron chi connectivity index (χ2n) is 7.41. The highest BCUT2D eigenvalue weighted by atomic mass is 16.5. The summed E-state index contributed by atoms with van der Waals surface area (Å²) >= 11 is 0. The van der Waals surface area contributed by atoms with E-state index < -0.39 is 0 Å². The van der Waals surface area contributed by atoms with Crippen molar-refractivity contribution in [3.63, 3.8) is 0 Å². The van der Waals surface area contributed by atoms with E-state index in [9.17, 15) is 0 Å². The lowest BCUT2D eigenvalue weighted by Crippen LogP contribution is -2.44. The summed E-state index contributed by atoms with van der Waals surface area (Å²) in [6, 6.07) is 9.85. The van der Waals surface area contributed by atoms with Crippen LogP contribution in [0.1, 0.15) is 20.3 Å². The second kappa shape index (κ2) is 11.6. The molecule has 7 nitrogen and oxygen atoms in total. The highest BCUT2D eigenvalue weighted by Gasteiger charge is 2.13. The van der Waals surface area contributed by atoms with Crippen LogP contribution in [0.4, 0.5) is 5.82 Å². The number of aromatic nitrogens is 3. The monoisotopic (exact) mass is 422 g/mol. The third kappa shape index (κ3) is 6.12. The van der Waals surface area contributed by atoms with Gasteiger partial charge in [0.1, 0.15) is 11.6 Å². The number of nitrogens with zero attached hydrogens (tertiary/aromatic N) is 5. The number of benzene rings is 1. The van der Waals surface area contributed by atoms with Crippen LogP contribution in [0.15, 0.2) is 42.7 Å². The smallest absolute Gasteiger partial charge is 0.163 e. The lowest BCUT2D eigenvalue weighted by atomic mass is 10.2. The van der Waals surface area contributed by atoms with Crippen LogP contribution in [-0.4, -0.2) is 78.2 Å². The van der Waals surface area contributed by atoms with E-state index in [0.29, 0.717) is 12.4 Å². The van der Waals surface area contributed by atoms with Gasteiger partial charge in [-0.15, -0.1) is 0 Å². The van der Waals surface area contributed by atoms with Crippen LogP contribution in [0, 0.1) is 0 Å². The Balaban J connectivity index is 0.00000132. The SMILES string of the molecule is CC.CNc1nc(-c2cccnc2)nc2ccc(OCCCN3CCN(C)CC3)cc12. The maximum Gasteiger partial charge on any atom is 0.163 e. The summed E-state index contributed by atoms with van der Waals surface area (Å²) < 4.78 is 6.01. The molecule has 166 valence electrons. The Morgan fingerprint density at radius 3 is 2.58 bits per heavy atom. The summed E-state index contributed by atoms with van der Waals surface area (Å²) in [7, 11) is 4.06. The fraction of sp³-hybridized carbons (Fsp3) is 0.458. The van der Waals surface area contributed by atoms with Gasteiger partial charge in [0.25, 0.3) is 0 Å². The van der Waals surface area contributed by atoms with E-state index in [1.807, 2.05) is 51.2 Å². The molecule has 0 atom stereocenters. The minimum Gasteiger partial charge on any atom is -0.494 e. The summed E-state index contributed by atoms with van der Waals surface area (Å²) in [5, 5.41) is 4.14. The Morgan fingerprint density at radius 2 is 1.87 bits per heavy atom. The molecule has 0 radical (unpaired) electrons. The third-order valence-electron chi connectivity index (χ3n) is 5.31. The number of piperazine rings is 1. The first-order chi connectivity index (χ1) is 15.2. The zero-order chi connectivity index (χ0) is 22.1. The Bertz CT molecular complexity index is 941. The van der Waals surface area contributed by atoms with Gasteiger partial charge in [0, 0.05) is 63.1 Å². The molecule has 1 aromatic carbocycles. The van der Waals surface area contributed by atoms with Gasteiger partial charge in [0.2, 0.25) is 0 Å². The molecule has 1 saturated heterocycles. The van der Waals surface area contributed by atoms with Crippen LogP contribution in [0.5, 0.6) is 5.75 Å². The number of pyridine rings is 1. The second-order valence-corrected chi connectivity index (χ2v) is 7.41. The van der Waals surface area contributed by atoms with Crippen molar-refractivity contribution in [2.24, 2.45) is 0 Å². The molecule has 1 fully saturated rings. The normalized spacial score (nSPS) is 14.7. The molecule has 1 aliphatic heterocycles. The largest absolute Gasteiger partial charge is 0.494 e. The molecule has 7 heteroatoms. The molecule has 2 aromatic heterocycles. The highest BCUT2D eigenvalue weighted by Crippen LogP contribution is 2.27.